The van der Waals surface area contributed by atoms with Crippen molar-refractivity contribution < 1.29 is 0 Å². The molecule has 1 saturated heterocycles. The molecule has 110 valence electrons. The van der Waals surface area contributed by atoms with Crippen molar-refractivity contribution in [3.05, 3.63) is 65.0 Å². The van der Waals surface area contributed by atoms with Crippen LogP contribution in [0.2, 0.25) is 0 Å². The fraction of sp³-hybridized carbons (Fsp3) is 0.389. The summed E-state index contributed by atoms with van der Waals surface area (Å²) >= 11 is 0. The van der Waals surface area contributed by atoms with Gasteiger partial charge in [0.05, 0.1) is 11.7 Å². The van der Waals surface area contributed by atoms with Crippen LogP contribution in [0.25, 0.3) is 0 Å². The van der Waals surface area contributed by atoms with E-state index in [-0.39, 0.29) is 6.04 Å². The molecule has 21 heavy (non-hydrogen) atoms. The molecular formula is C18H23N3. The fourth-order valence-corrected chi connectivity index (χ4v) is 2.90. The third-order valence-corrected chi connectivity index (χ3v) is 4.12. The summed E-state index contributed by atoms with van der Waals surface area (Å²) < 4.78 is 0. The van der Waals surface area contributed by atoms with Crippen molar-refractivity contribution >= 4 is 0 Å². The second kappa shape index (κ2) is 6.37. The zero-order valence-corrected chi connectivity index (χ0v) is 12.8. The SMILES string of the molecule is Cc1ccc(C(c2ccc(C)cn2)N2CCNCC2)cc1. The maximum Gasteiger partial charge on any atom is 0.0777 e. The Labute approximate surface area is 127 Å². The molecule has 1 N–H and O–H groups in total. The number of benzene rings is 1. The van der Waals surface area contributed by atoms with Gasteiger partial charge in [-0.25, -0.2) is 0 Å². The Hall–Kier alpha value is -1.71. The Balaban J connectivity index is 1.97. The highest BCUT2D eigenvalue weighted by Crippen LogP contribution is 2.27. The Bertz CT molecular complexity index is 523. The summed E-state index contributed by atoms with van der Waals surface area (Å²) in [6, 6.07) is 13.5. The average Bonchev–Trinajstić information content (AvgIpc) is 2.52. The normalized spacial score (nSPS) is 17.6. The molecular weight excluding hydrogens is 258 g/mol. The lowest BCUT2D eigenvalue weighted by atomic mass is 9.99. The second-order valence-electron chi connectivity index (χ2n) is 5.86. The Morgan fingerprint density at radius 3 is 2.24 bits per heavy atom. The summed E-state index contributed by atoms with van der Waals surface area (Å²) in [5.74, 6) is 0. The van der Waals surface area contributed by atoms with Crippen LogP contribution in [0.1, 0.15) is 28.4 Å². The van der Waals surface area contributed by atoms with E-state index in [2.05, 4.69) is 60.5 Å². The van der Waals surface area contributed by atoms with Gasteiger partial charge in [-0.15, -0.1) is 0 Å². The van der Waals surface area contributed by atoms with Crippen LogP contribution in [0.15, 0.2) is 42.6 Å². The number of hydrogen-bond donors (Lipinski definition) is 1. The van der Waals surface area contributed by atoms with E-state index in [0.717, 1.165) is 31.9 Å². The van der Waals surface area contributed by atoms with Gasteiger partial charge in [-0.1, -0.05) is 35.9 Å². The zero-order chi connectivity index (χ0) is 14.7. The van der Waals surface area contributed by atoms with Crippen molar-refractivity contribution in [1.82, 2.24) is 15.2 Å². The molecule has 0 aliphatic carbocycles. The minimum absolute atomic E-state index is 0.258. The molecule has 2 heterocycles. The van der Waals surface area contributed by atoms with E-state index >= 15 is 0 Å². The van der Waals surface area contributed by atoms with Crippen LogP contribution in [0.5, 0.6) is 0 Å². The number of hydrogen-bond acceptors (Lipinski definition) is 3. The van der Waals surface area contributed by atoms with Gasteiger partial charge in [-0.2, -0.15) is 0 Å². The van der Waals surface area contributed by atoms with E-state index < -0.39 is 0 Å². The lowest BCUT2D eigenvalue weighted by Gasteiger charge is -2.35. The summed E-state index contributed by atoms with van der Waals surface area (Å²) in [7, 11) is 0. The molecule has 0 amide bonds. The largest absolute Gasteiger partial charge is 0.314 e. The molecule has 2 aromatic rings. The molecule has 0 bridgehead atoms. The summed E-state index contributed by atoms with van der Waals surface area (Å²) in [6.45, 7) is 8.45. The summed E-state index contributed by atoms with van der Waals surface area (Å²) in [5.41, 5.74) is 4.99. The van der Waals surface area contributed by atoms with Gasteiger partial charge in [0, 0.05) is 32.4 Å². The molecule has 0 radical (unpaired) electrons. The lowest BCUT2D eigenvalue weighted by molar-refractivity contribution is 0.195. The lowest BCUT2D eigenvalue weighted by Crippen LogP contribution is -2.45. The first kappa shape index (κ1) is 14.2. The highest BCUT2D eigenvalue weighted by molar-refractivity contribution is 5.31. The third kappa shape index (κ3) is 3.31. The van der Waals surface area contributed by atoms with Gasteiger partial charge >= 0.3 is 0 Å². The van der Waals surface area contributed by atoms with Gasteiger partial charge in [0.1, 0.15) is 0 Å². The molecule has 1 unspecified atom stereocenters. The van der Waals surface area contributed by atoms with Crippen LogP contribution in [-0.2, 0) is 0 Å². The molecule has 0 spiro atoms. The average molecular weight is 281 g/mol. The predicted molar refractivity (Wildman–Crippen MR) is 86.4 cm³/mol. The van der Waals surface area contributed by atoms with Crippen molar-refractivity contribution in [3.63, 3.8) is 0 Å². The minimum atomic E-state index is 0.258. The van der Waals surface area contributed by atoms with Gasteiger partial charge in [0.15, 0.2) is 0 Å². The first-order valence-electron chi connectivity index (χ1n) is 7.68. The fourth-order valence-electron chi connectivity index (χ4n) is 2.90. The van der Waals surface area contributed by atoms with Gasteiger partial charge in [0.25, 0.3) is 0 Å². The Morgan fingerprint density at radius 1 is 0.952 bits per heavy atom. The van der Waals surface area contributed by atoms with E-state index in [1.54, 1.807) is 0 Å². The monoisotopic (exact) mass is 281 g/mol. The molecule has 1 atom stereocenters. The molecule has 3 heteroatoms. The topological polar surface area (TPSA) is 28.2 Å². The smallest absolute Gasteiger partial charge is 0.0777 e. The van der Waals surface area contributed by atoms with E-state index in [1.807, 2.05) is 6.20 Å². The number of piperazine rings is 1. The second-order valence-corrected chi connectivity index (χ2v) is 5.86. The number of aryl methyl sites for hydroxylation is 2. The molecule has 1 aliphatic heterocycles. The van der Waals surface area contributed by atoms with Crippen LogP contribution in [-0.4, -0.2) is 36.1 Å². The maximum atomic E-state index is 4.69. The summed E-state index contributed by atoms with van der Waals surface area (Å²) in [5, 5.41) is 3.43. The standard InChI is InChI=1S/C18H23N3/c1-14-3-6-16(7-4-14)18(21-11-9-19-10-12-21)17-8-5-15(2)13-20-17/h3-8,13,18-19H,9-12H2,1-2H3. The zero-order valence-electron chi connectivity index (χ0n) is 12.8. The number of rotatable bonds is 3. The van der Waals surface area contributed by atoms with Crippen molar-refractivity contribution in [3.8, 4) is 0 Å². The first-order valence-corrected chi connectivity index (χ1v) is 7.68. The van der Waals surface area contributed by atoms with Crippen molar-refractivity contribution in [2.45, 2.75) is 19.9 Å². The third-order valence-electron chi connectivity index (χ3n) is 4.12. The highest BCUT2D eigenvalue weighted by Gasteiger charge is 2.24. The summed E-state index contributed by atoms with van der Waals surface area (Å²) in [6.07, 6.45) is 1.97. The molecule has 1 fully saturated rings. The van der Waals surface area contributed by atoms with Gasteiger partial charge in [-0.05, 0) is 31.0 Å². The molecule has 1 aromatic carbocycles. The van der Waals surface area contributed by atoms with Gasteiger partial charge in [0.2, 0.25) is 0 Å². The van der Waals surface area contributed by atoms with Crippen molar-refractivity contribution in [1.29, 1.82) is 0 Å². The molecule has 1 aliphatic rings. The van der Waals surface area contributed by atoms with E-state index in [0.29, 0.717) is 0 Å². The van der Waals surface area contributed by atoms with Crippen molar-refractivity contribution in [2.24, 2.45) is 0 Å². The van der Waals surface area contributed by atoms with Crippen molar-refractivity contribution in [2.75, 3.05) is 26.2 Å². The van der Waals surface area contributed by atoms with Crippen LogP contribution in [0.4, 0.5) is 0 Å². The minimum Gasteiger partial charge on any atom is -0.314 e. The highest BCUT2D eigenvalue weighted by atomic mass is 15.2. The molecule has 0 saturated carbocycles. The maximum absolute atomic E-state index is 4.69. The Morgan fingerprint density at radius 2 is 1.62 bits per heavy atom. The van der Waals surface area contributed by atoms with E-state index in [9.17, 15) is 0 Å². The van der Waals surface area contributed by atoms with Crippen LogP contribution < -0.4 is 5.32 Å². The number of pyridine rings is 1. The quantitative estimate of drug-likeness (QED) is 0.937. The van der Waals surface area contributed by atoms with Gasteiger partial charge in [-0.3, -0.25) is 9.88 Å². The van der Waals surface area contributed by atoms with Crippen LogP contribution in [0, 0.1) is 13.8 Å². The predicted octanol–water partition coefficient (Wildman–Crippen LogP) is 2.69. The van der Waals surface area contributed by atoms with E-state index in [4.69, 9.17) is 4.98 Å². The molecule has 1 aromatic heterocycles. The number of nitrogens with zero attached hydrogens (tertiary/aromatic N) is 2. The number of nitrogens with one attached hydrogen (secondary N) is 1. The molecule has 3 nitrogen and oxygen atoms in total. The Kier molecular flexibility index (Phi) is 4.32. The molecule has 3 rings (SSSR count). The van der Waals surface area contributed by atoms with Crippen LogP contribution in [0.3, 0.4) is 0 Å². The van der Waals surface area contributed by atoms with E-state index in [1.165, 1.54) is 16.7 Å². The van der Waals surface area contributed by atoms with Crippen LogP contribution >= 0.6 is 0 Å². The first-order chi connectivity index (χ1) is 10.2. The van der Waals surface area contributed by atoms with Gasteiger partial charge < -0.3 is 5.32 Å². The number of aromatic nitrogens is 1. The summed E-state index contributed by atoms with van der Waals surface area (Å²) in [4.78, 5) is 7.22.